The summed E-state index contributed by atoms with van der Waals surface area (Å²) in [6.45, 7) is 0. The van der Waals surface area contributed by atoms with Crippen LogP contribution in [-0.2, 0) is 10.0 Å². The van der Waals surface area contributed by atoms with Crippen molar-refractivity contribution in [1.82, 2.24) is 4.72 Å². The molecule has 0 atom stereocenters. The zero-order valence-electron chi connectivity index (χ0n) is 16.4. The van der Waals surface area contributed by atoms with Crippen LogP contribution in [0.2, 0.25) is 0 Å². The molecule has 2 aliphatic rings. The van der Waals surface area contributed by atoms with Gasteiger partial charge in [-0.3, -0.25) is 0 Å². The van der Waals surface area contributed by atoms with Crippen molar-refractivity contribution in [2.45, 2.75) is 62.3 Å². The van der Waals surface area contributed by atoms with Crippen LogP contribution in [0.5, 0.6) is 0 Å². The Morgan fingerprint density at radius 3 is 2.03 bits per heavy atom. The van der Waals surface area contributed by atoms with E-state index in [1.54, 1.807) is 12.1 Å². The molecular formula is C23H27F2NO2S. The third kappa shape index (κ3) is 4.69. The van der Waals surface area contributed by atoms with E-state index in [1.807, 2.05) is 0 Å². The van der Waals surface area contributed by atoms with Crippen molar-refractivity contribution in [1.29, 1.82) is 0 Å². The number of sulfonamides is 1. The highest BCUT2D eigenvalue weighted by Gasteiger charge is 2.31. The van der Waals surface area contributed by atoms with Gasteiger partial charge in [0.2, 0.25) is 10.0 Å². The molecule has 6 heteroatoms. The van der Waals surface area contributed by atoms with Crippen LogP contribution in [0.3, 0.4) is 0 Å². The molecule has 0 amide bonds. The third-order valence-electron chi connectivity index (χ3n) is 6.57. The molecule has 2 aromatic carbocycles. The molecule has 156 valence electrons. The molecule has 0 heterocycles. The SMILES string of the molecule is O=S(=O)(NC1CCC(C2CCCC2)CC1)c1ccc(-c2ccc(F)cc2F)cc1. The standard InChI is InChI=1S/C23H27F2NO2S/c24-19-9-14-22(23(25)15-19)18-7-12-21(13-8-18)29(27,28)26-20-10-5-17(6-11-20)16-3-1-2-4-16/h7-9,12-17,20,26H,1-6,10-11H2. The van der Waals surface area contributed by atoms with Crippen LogP contribution < -0.4 is 4.72 Å². The van der Waals surface area contributed by atoms with Gasteiger partial charge in [-0.15, -0.1) is 0 Å². The lowest BCUT2D eigenvalue weighted by molar-refractivity contribution is 0.230. The topological polar surface area (TPSA) is 46.2 Å². The predicted octanol–water partition coefficient (Wildman–Crippen LogP) is 5.66. The van der Waals surface area contributed by atoms with Gasteiger partial charge in [0.15, 0.2) is 0 Å². The number of halogens is 2. The van der Waals surface area contributed by atoms with Crippen LogP contribution in [0, 0.1) is 23.5 Å². The van der Waals surface area contributed by atoms with E-state index in [-0.39, 0.29) is 16.5 Å². The summed E-state index contributed by atoms with van der Waals surface area (Å²) in [5.41, 5.74) is 0.757. The van der Waals surface area contributed by atoms with Gasteiger partial charge < -0.3 is 0 Å². The van der Waals surface area contributed by atoms with E-state index in [4.69, 9.17) is 0 Å². The summed E-state index contributed by atoms with van der Waals surface area (Å²) >= 11 is 0. The molecule has 0 unspecified atom stereocenters. The van der Waals surface area contributed by atoms with Crippen molar-refractivity contribution in [3.8, 4) is 11.1 Å². The van der Waals surface area contributed by atoms with Crippen LogP contribution in [0.15, 0.2) is 47.4 Å². The Hall–Kier alpha value is -1.79. The summed E-state index contributed by atoms with van der Waals surface area (Å²) in [6.07, 6.45) is 9.33. The second-order valence-electron chi connectivity index (χ2n) is 8.43. The Morgan fingerprint density at radius 1 is 0.793 bits per heavy atom. The highest BCUT2D eigenvalue weighted by molar-refractivity contribution is 7.89. The zero-order valence-corrected chi connectivity index (χ0v) is 17.2. The lowest BCUT2D eigenvalue weighted by Gasteiger charge is -2.32. The maximum Gasteiger partial charge on any atom is 0.240 e. The fourth-order valence-corrected chi connectivity index (χ4v) is 6.27. The first-order valence-corrected chi connectivity index (χ1v) is 12.0. The Balaban J connectivity index is 1.40. The quantitative estimate of drug-likeness (QED) is 0.680. The Bertz CT molecular complexity index is 945. The van der Waals surface area contributed by atoms with E-state index in [2.05, 4.69) is 4.72 Å². The number of rotatable bonds is 5. The molecule has 0 saturated heterocycles. The van der Waals surface area contributed by atoms with Gasteiger partial charge in [-0.1, -0.05) is 37.8 Å². The molecule has 2 aromatic rings. The number of hydrogen-bond acceptors (Lipinski definition) is 2. The van der Waals surface area contributed by atoms with Gasteiger partial charge in [-0.2, -0.15) is 0 Å². The molecular weight excluding hydrogens is 392 g/mol. The van der Waals surface area contributed by atoms with Crippen molar-refractivity contribution in [3.05, 3.63) is 54.1 Å². The highest BCUT2D eigenvalue weighted by Crippen LogP contribution is 2.39. The summed E-state index contributed by atoms with van der Waals surface area (Å²) in [5.74, 6) is 0.283. The molecule has 2 saturated carbocycles. The van der Waals surface area contributed by atoms with E-state index in [0.717, 1.165) is 43.6 Å². The first-order valence-electron chi connectivity index (χ1n) is 10.5. The summed E-state index contributed by atoms with van der Waals surface area (Å²) < 4.78 is 55.4. The van der Waals surface area contributed by atoms with Gasteiger partial charge >= 0.3 is 0 Å². The van der Waals surface area contributed by atoms with Gasteiger partial charge in [-0.25, -0.2) is 21.9 Å². The Morgan fingerprint density at radius 2 is 1.41 bits per heavy atom. The molecule has 0 radical (unpaired) electrons. The van der Waals surface area contributed by atoms with Crippen LogP contribution >= 0.6 is 0 Å². The molecule has 4 rings (SSSR count). The minimum atomic E-state index is -3.62. The first kappa shape index (κ1) is 20.5. The normalized spacial score (nSPS) is 23.4. The largest absolute Gasteiger partial charge is 0.240 e. The van der Waals surface area contributed by atoms with Crippen molar-refractivity contribution in [2.75, 3.05) is 0 Å². The van der Waals surface area contributed by atoms with Crippen LogP contribution in [0.4, 0.5) is 8.78 Å². The van der Waals surface area contributed by atoms with Gasteiger partial charge in [-0.05, 0) is 67.3 Å². The smallest absolute Gasteiger partial charge is 0.208 e. The molecule has 29 heavy (non-hydrogen) atoms. The average Bonchev–Trinajstić information content (AvgIpc) is 3.23. The second-order valence-corrected chi connectivity index (χ2v) is 10.1. The van der Waals surface area contributed by atoms with E-state index >= 15 is 0 Å². The third-order valence-corrected chi connectivity index (χ3v) is 8.10. The lowest BCUT2D eigenvalue weighted by atomic mass is 9.78. The van der Waals surface area contributed by atoms with Crippen molar-refractivity contribution in [2.24, 2.45) is 11.8 Å². The fourth-order valence-electron chi connectivity index (χ4n) is 4.96. The van der Waals surface area contributed by atoms with E-state index < -0.39 is 21.7 Å². The van der Waals surface area contributed by atoms with Crippen LogP contribution in [0.1, 0.15) is 51.4 Å². The predicted molar refractivity (Wildman–Crippen MR) is 110 cm³/mol. The summed E-state index contributed by atoms with van der Waals surface area (Å²) in [7, 11) is -3.62. The molecule has 0 bridgehead atoms. The van der Waals surface area contributed by atoms with Crippen LogP contribution in [-0.4, -0.2) is 14.5 Å². The summed E-state index contributed by atoms with van der Waals surface area (Å²) in [4.78, 5) is 0.168. The van der Waals surface area contributed by atoms with Gasteiger partial charge in [0.1, 0.15) is 11.6 Å². The van der Waals surface area contributed by atoms with E-state index in [0.29, 0.717) is 5.56 Å². The lowest BCUT2D eigenvalue weighted by Crippen LogP contribution is -2.38. The molecule has 3 nitrogen and oxygen atoms in total. The average molecular weight is 420 g/mol. The maximum atomic E-state index is 14.0. The van der Waals surface area contributed by atoms with Crippen molar-refractivity contribution >= 4 is 10.0 Å². The molecule has 0 spiro atoms. The van der Waals surface area contributed by atoms with E-state index in [9.17, 15) is 17.2 Å². The van der Waals surface area contributed by atoms with Gasteiger partial charge in [0.05, 0.1) is 4.90 Å². The molecule has 2 aliphatic carbocycles. The first-order chi connectivity index (χ1) is 13.9. The van der Waals surface area contributed by atoms with Crippen molar-refractivity contribution < 1.29 is 17.2 Å². The molecule has 0 aliphatic heterocycles. The van der Waals surface area contributed by atoms with Crippen molar-refractivity contribution in [3.63, 3.8) is 0 Å². The van der Waals surface area contributed by atoms with E-state index in [1.165, 1.54) is 49.9 Å². The monoisotopic (exact) mass is 419 g/mol. The summed E-state index contributed by atoms with van der Waals surface area (Å²) in [6, 6.07) is 9.41. The zero-order chi connectivity index (χ0) is 20.4. The number of nitrogens with one attached hydrogen (secondary N) is 1. The maximum absolute atomic E-state index is 14.0. The van der Waals surface area contributed by atoms with Gasteiger partial charge in [0.25, 0.3) is 0 Å². The Kier molecular flexibility index (Phi) is 6.02. The minimum Gasteiger partial charge on any atom is -0.208 e. The second kappa shape index (κ2) is 8.52. The molecule has 2 fully saturated rings. The molecule has 0 aromatic heterocycles. The minimum absolute atomic E-state index is 0.0214. The summed E-state index contributed by atoms with van der Waals surface area (Å²) in [5, 5.41) is 0. The van der Waals surface area contributed by atoms with Gasteiger partial charge in [0, 0.05) is 17.7 Å². The molecule has 1 N–H and O–H groups in total. The highest BCUT2D eigenvalue weighted by atomic mass is 32.2. The fraction of sp³-hybridized carbons (Fsp3) is 0.478. The number of benzene rings is 2. The number of hydrogen-bond donors (Lipinski definition) is 1. The Labute approximate surface area is 171 Å². The van der Waals surface area contributed by atoms with Crippen LogP contribution in [0.25, 0.3) is 11.1 Å².